The van der Waals surface area contributed by atoms with Crippen molar-refractivity contribution in [1.82, 2.24) is 14.8 Å². The number of benzene rings is 1. The lowest BCUT2D eigenvalue weighted by Gasteiger charge is -2.20. The molecule has 1 aromatic heterocycles. The van der Waals surface area contributed by atoms with E-state index in [0.29, 0.717) is 0 Å². The van der Waals surface area contributed by atoms with Gasteiger partial charge in [-0.2, -0.15) is 0 Å². The first kappa shape index (κ1) is 11.0. The normalized spacial score (nSPS) is 20.8. The monoisotopic (exact) mass is 256 g/mol. The first-order valence-electron chi connectivity index (χ1n) is 6.75. The summed E-state index contributed by atoms with van der Waals surface area (Å²) in [5.41, 5.74) is 8.42. The molecule has 2 aliphatic rings. The summed E-state index contributed by atoms with van der Waals surface area (Å²) >= 11 is 0. The van der Waals surface area contributed by atoms with Gasteiger partial charge in [0.05, 0.1) is 6.61 Å². The number of aromatic nitrogens is 3. The maximum Gasteiger partial charge on any atom is 0.164 e. The first-order chi connectivity index (χ1) is 9.31. The summed E-state index contributed by atoms with van der Waals surface area (Å²) in [7, 11) is 0. The van der Waals surface area contributed by atoms with E-state index in [4.69, 9.17) is 10.5 Å². The Hall–Kier alpha value is -1.88. The third-order valence-electron chi connectivity index (χ3n) is 3.93. The second kappa shape index (κ2) is 4.06. The summed E-state index contributed by atoms with van der Waals surface area (Å²) in [4.78, 5) is 0. The summed E-state index contributed by atoms with van der Waals surface area (Å²) < 4.78 is 7.70. The number of fused-ring (bicyclic) bond motifs is 2. The minimum Gasteiger partial charge on any atom is -0.493 e. The lowest BCUT2D eigenvalue weighted by atomic mass is 10.1. The number of ether oxygens (including phenoxy) is 1. The Morgan fingerprint density at radius 1 is 1.26 bits per heavy atom. The summed E-state index contributed by atoms with van der Waals surface area (Å²) in [6.07, 6.45) is 2.89. The first-order valence-corrected chi connectivity index (χ1v) is 6.75. The Morgan fingerprint density at radius 2 is 2.21 bits per heavy atom. The van der Waals surface area contributed by atoms with Gasteiger partial charge in [0.1, 0.15) is 11.6 Å². The molecular weight excluding hydrogens is 240 g/mol. The topological polar surface area (TPSA) is 66.0 Å². The highest BCUT2D eigenvalue weighted by molar-refractivity contribution is 5.60. The van der Waals surface area contributed by atoms with Crippen molar-refractivity contribution in [2.75, 3.05) is 6.61 Å². The molecule has 0 fully saturated rings. The van der Waals surface area contributed by atoms with Gasteiger partial charge >= 0.3 is 0 Å². The van der Waals surface area contributed by atoms with Crippen molar-refractivity contribution in [1.29, 1.82) is 0 Å². The van der Waals surface area contributed by atoms with Crippen LogP contribution in [0.3, 0.4) is 0 Å². The van der Waals surface area contributed by atoms with Crippen LogP contribution in [0.2, 0.25) is 0 Å². The van der Waals surface area contributed by atoms with E-state index >= 15 is 0 Å². The molecule has 19 heavy (non-hydrogen) atoms. The maximum absolute atomic E-state index is 6.05. The van der Waals surface area contributed by atoms with Crippen LogP contribution in [0.25, 0.3) is 11.4 Å². The van der Waals surface area contributed by atoms with E-state index in [2.05, 4.69) is 26.9 Å². The second-order valence-corrected chi connectivity index (χ2v) is 5.27. The lowest BCUT2D eigenvalue weighted by Crippen LogP contribution is -2.32. The molecule has 1 aromatic carbocycles. The molecule has 2 aromatic rings. The standard InChI is InChI=1S/C14H16N4O/c15-11-2-4-13-16-17-14(18(13)8-11)10-1-3-12-9(7-10)5-6-19-12/h1,3,7,11H,2,4-6,8,15H2. The van der Waals surface area contributed by atoms with Crippen LogP contribution < -0.4 is 10.5 Å². The molecule has 1 unspecified atom stereocenters. The molecule has 2 aliphatic heterocycles. The van der Waals surface area contributed by atoms with Gasteiger partial charge < -0.3 is 15.0 Å². The Bertz CT molecular complexity index is 634. The van der Waals surface area contributed by atoms with E-state index in [1.165, 1.54) is 5.56 Å². The predicted molar refractivity (Wildman–Crippen MR) is 71.0 cm³/mol. The number of aryl methyl sites for hydroxylation is 1. The Morgan fingerprint density at radius 3 is 3.16 bits per heavy atom. The maximum atomic E-state index is 6.05. The van der Waals surface area contributed by atoms with E-state index in [9.17, 15) is 0 Å². The van der Waals surface area contributed by atoms with E-state index in [-0.39, 0.29) is 6.04 Å². The fraction of sp³-hybridized carbons (Fsp3) is 0.429. The number of hydrogen-bond acceptors (Lipinski definition) is 4. The zero-order chi connectivity index (χ0) is 12.8. The van der Waals surface area contributed by atoms with E-state index < -0.39 is 0 Å². The van der Waals surface area contributed by atoms with Gasteiger partial charge in [0.15, 0.2) is 5.82 Å². The molecule has 5 nitrogen and oxygen atoms in total. The summed E-state index contributed by atoms with van der Waals surface area (Å²) in [6.45, 7) is 1.59. The fourth-order valence-corrected chi connectivity index (χ4v) is 2.89. The molecule has 0 radical (unpaired) electrons. The molecule has 0 aliphatic carbocycles. The molecule has 0 saturated heterocycles. The number of hydrogen-bond donors (Lipinski definition) is 1. The fourth-order valence-electron chi connectivity index (χ4n) is 2.89. The van der Waals surface area contributed by atoms with E-state index in [1.807, 2.05) is 6.07 Å². The smallest absolute Gasteiger partial charge is 0.164 e. The highest BCUT2D eigenvalue weighted by atomic mass is 16.5. The van der Waals surface area contributed by atoms with Crippen LogP contribution in [-0.2, 0) is 19.4 Å². The molecule has 4 rings (SSSR count). The van der Waals surface area contributed by atoms with Crippen molar-refractivity contribution in [2.45, 2.75) is 31.8 Å². The van der Waals surface area contributed by atoms with Crippen molar-refractivity contribution < 1.29 is 4.74 Å². The van der Waals surface area contributed by atoms with Gasteiger partial charge in [-0.3, -0.25) is 0 Å². The van der Waals surface area contributed by atoms with Crippen LogP contribution in [0.5, 0.6) is 5.75 Å². The molecule has 98 valence electrons. The number of nitrogens with two attached hydrogens (primary N) is 1. The molecule has 3 heterocycles. The van der Waals surface area contributed by atoms with Gasteiger partial charge in [0.2, 0.25) is 0 Å². The number of rotatable bonds is 1. The van der Waals surface area contributed by atoms with Crippen molar-refractivity contribution in [3.05, 3.63) is 29.6 Å². The predicted octanol–water partition coefficient (Wildman–Crippen LogP) is 1.15. The van der Waals surface area contributed by atoms with E-state index in [1.54, 1.807) is 0 Å². The average Bonchev–Trinajstić information content (AvgIpc) is 3.03. The molecule has 0 amide bonds. The summed E-state index contributed by atoms with van der Waals surface area (Å²) in [6, 6.07) is 6.46. The van der Waals surface area contributed by atoms with Crippen LogP contribution in [0.4, 0.5) is 0 Å². The molecule has 2 N–H and O–H groups in total. The molecule has 0 saturated carbocycles. The average molecular weight is 256 g/mol. The van der Waals surface area contributed by atoms with Crippen LogP contribution in [0, 0.1) is 0 Å². The van der Waals surface area contributed by atoms with Gasteiger partial charge in [0, 0.05) is 31.0 Å². The van der Waals surface area contributed by atoms with Crippen LogP contribution >= 0.6 is 0 Å². The Kier molecular flexibility index (Phi) is 2.35. The van der Waals surface area contributed by atoms with Crippen molar-refractivity contribution in [3.63, 3.8) is 0 Å². The van der Waals surface area contributed by atoms with E-state index in [0.717, 1.165) is 55.4 Å². The lowest BCUT2D eigenvalue weighted by molar-refractivity contribution is 0.357. The summed E-state index contributed by atoms with van der Waals surface area (Å²) in [5, 5.41) is 8.63. The molecular formula is C14H16N4O. The van der Waals surface area contributed by atoms with Crippen molar-refractivity contribution in [3.8, 4) is 17.1 Å². The van der Waals surface area contributed by atoms with Crippen LogP contribution in [0.15, 0.2) is 18.2 Å². The molecule has 5 heteroatoms. The van der Waals surface area contributed by atoms with Gasteiger partial charge in [-0.1, -0.05) is 0 Å². The third-order valence-corrected chi connectivity index (χ3v) is 3.93. The SMILES string of the molecule is NC1CCc2nnc(-c3ccc4c(c3)CCO4)n2C1. The highest BCUT2D eigenvalue weighted by Gasteiger charge is 2.22. The Labute approximate surface area is 111 Å². The van der Waals surface area contributed by atoms with Crippen LogP contribution in [-0.4, -0.2) is 27.4 Å². The van der Waals surface area contributed by atoms with Crippen molar-refractivity contribution >= 4 is 0 Å². The largest absolute Gasteiger partial charge is 0.493 e. The minimum atomic E-state index is 0.208. The Balaban J connectivity index is 1.79. The zero-order valence-electron chi connectivity index (χ0n) is 10.7. The van der Waals surface area contributed by atoms with Gasteiger partial charge in [0.25, 0.3) is 0 Å². The molecule has 0 spiro atoms. The van der Waals surface area contributed by atoms with Gasteiger partial charge in [-0.05, 0) is 30.2 Å². The quantitative estimate of drug-likeness (QED) is 0.831. The molecule has 1 atom stereocenters. The number of nitrogens with zero attached hydrogens (tertiary/aromatic N) is 3. The second-order valence-electron chi connectivity index (χ2n) is 5.27. The molecule has 0 bridgehead atoms. The van der Waals surface area contributed by atoms with Crippen LogP contribution in [0.1, 0.15) is 17.8 Å². The highest BCUT2D eigenvalue weighted by Crippen LogP contribution is 2.30. The third kappa shape index (κ3) is 1.73. The summed E-state index contributed by atoms with van der Waals surface area (Å²) in [5.74, 6) is 2.98. The van der Waals surface area contributed by atoms with Crippen molar-refractivity contribution in [2.24, 2.45) is 5.73 Å². The van der Waals surface area contributed by atoms with Gasteiger partial charge in [-0.15, -0.1) is 10.2 Å². The zero-order valence-corrected chi connectivity index (χ0v) is 10.7. The minimum absolute atomic E-state index is 0.208. The van der Waals surface area contributed by atoms with Gasteiger partial charge in [-0.25, -0.2) is 0 Å².